The molecule has 3 rings (SSSR count). The van der Waals surface area contributed by atoms with E-state index in [1.165, 1.54) is 23.5 Å². The minimum absolute atomic E-state index is 0.0905. The second-order valence-corrected chi connectivity index (χ2v) is 6.07. The molecular weight excluding hydrogens is 368 g/mol. The number of thiazole rings is 1. The quantitative estimate of drug-likeness (QED) is 0.793. The van der Waals surface area contributed by atoms with Crippen molar-refractivity contribution in [3.63, 3.8) is 0 Å². The average molecular weight is 383 g/mol. The van der Waals surface area contributed by atoms with Crippen molar-refractivity contribution in [2.45, 2.75) is 20.1 Å². The van der Waals surface area contributed by atoms with Crippen LogP contribution in [0.5, 0.6) is 5.75 Å². The van der Waals surface area contributed by atoms with Gasteiger partial charge in [0.2, 0.25) is 0 Å². The van der Waals surface area contributed by atoms with E-state index in [0.717, 1.165) is 11.3 Å². The van der Waals surface area contributed by atoms with Gasteiger partial charge in [0.15, 0.2) is 5.13 Å². The van der Waals surface area contributed by atoms with Crippen LogP contribution in [-0.2, 0) is 16.1 Å². The predicted octanol–water partition coefficient (Wildman–Crippen LogP) is 2.91. The van der Waals surface area contributed by atoms with Gasteiger partial charge in [0.25, 0.3) is 0 Å². The maximum atomic E-state index is 12.4. The molecule has 1 aliphatic rings. The molecule has 1 aromatic carbocycles. The van der Waals surface area contributed by atoms with Crippen molar-refractivity contribution >= 4 is 28.7 Å². The van der Waals surface area contributed by atoms with Crippen molar-refractivity contribution in [3.05, 3.63) is 40.9 Å². The molecule has 0 radical (unpaired) electrons. The van der Waals surface area contributed by atoms with Crippen LogP contribution < -0.4 is 9.64 Å². The number of hydrogen-bond donors (Lipinski definition) is 0. The number of carbonyl (C=O) groups excluding carboxylic acids is 3. The van der Waals surface area contributed by atoms with Crippen LogP contribution in [0.1, 0.15) is 11.3 Å². The van der Waals surface area contributed by atoms with Gasteiger partial charge in [0.05, 0.1) is 5.69 Å². The van der Waals surface area contributed by atoms with Crippen molar-refractivity contribution in [1.82, 2.24) is 9.88 Å². The van der Waals surface area contributed by atoms with Crippen LogP contribution in [-0.4, -0.2) is 41.8 Å². The lowest BCUT2D eigenvalue weighted by Crippen LogP contribution is -2.31. The molecule has 10 heteroatoms. The number of nitrogens with zero attached hydrogens (tertiary/aromatic N) is 3. The van der Waals surface area contributed by atoms with Gasteiger partial charge in [-0.25, -0.2) is 9.78 Å². The fraction of sp³-hybridized carbons (Fsp3) is 0.312. The molecule has 0 aliphatic carbocycles. The van der Waals surface area contributed by atoms with E-state index in [1.807, 2.05) is 12.3 Å². The van der Waals surface area contributed by atoms with Crippen molar-refractivity contribution < 1.29 is 27.9 Å². The number of rotatable bonds is 5. The molecule has 0 bridgehead atoms. The predicted molar refractivity (Wildman–Crippen MR) is 88.1 cm³/mol. The smallest absolute Gasteiger partial charge is 0.387 e. The Balaban J connectivity index is 0.000000758. The number of aromatic nitrogens is 1. The highest BCUT2D eigenvalue weighted by Crippen LogP contribution is 2.25. The molecule has 26 heavy (non-hydrogen) atoms. The monoisotopic (exact) mass is 383 g/mol. The van der Waals surface area contributed by atoms with Crippen molar-refractivity contribution in [2.75, 3.05) is 18.0 Å². The lowest BCUT2D eigenvalue weighted by atomic mass is 10.2. The van der Waals surface area contributed by atoms with Gasteiger partial charge in [0, 0.05) is 25.0 Å². The van der Waals surface area contributed by atoms with Gasteiger partial charge in [0.1, 0.15) is 5.75 Å². The van der Waals surface area contributed by atoms with Gasteiger partial charge in [-0.05, 0) is 24.6 Å². The maximum Gasteiger partial charge on any atom is 0.387 e. The molecule has 7 nitrogen and oxygen atoms in total. The van der Waals surface area contributed by atoms with Crippen LogP contribution in [0.2, 0.25) is 0 Å². The first-order valence-corrected chi connectivity index (χ1v) is 8.34. The molecule has 1 aliphatic heterocycles. The van der Waals surface area contributed by atoms with E-state index in [2.05, 4.69) is 9.72 Å². The summed E-state index contributed by atoms with van der Waals surface area (Å²) in [7, 11) is 0. The van der Waals surface area contributed by atoms with Crippen molar-refractivity contribution in [2.24, 2.45) is 0 Å². The highest BCUT2D eigenvalue weighted by molar-refractivity contribution is 7.14. The van der Waals surface area contributed by atoms with E-state index < -0.39 is 6.61 Å². The minimum Gasteiger partial charge on any atom is -0.435 e. The Morgan fingerprint density at radius 2 is 1.92 bits per heavy atom. The number of hydrogen-bond acceptors (Lipinski definition) is 6. The van der Waals surface area contributed by atoms with Crippen LogP contribution in [0.25, 0.3) is 0 Å². The number of halogens is 2. The first-order chi connectivity index (χ1) is 12.4. The normalized spacial score (nSPS) is 13.5. The fourth-order valence-corrected chi connectivity index (χ4v) is 3.19. The lowest BCUT2D eigenvalue weighted by molar-refractivity contribution is -0.191. The lowest BCUT2D eigenvalue weighted by Gasteiger charge is -2.17. The van der Waals surface area contributed by atoms with Crippen LogP contribution >= 0.6 is 11.3 Å². The molecule has 1 aromatic heterocycles. The molecule has 0 saturated carbocycles. The van der Waals surface area contributed by atoms with E-state index in [9.17, 15) is 13.6 Å². The van der Waals surface area contributed by atoms with Crippen LogP contribution in [0, 0.1) is 6.92 Å². The Morgan fingerprint density at radius 3 is 2.46 bits per heavy atom. The Bertz CT molecular complexity index is 776. The van der Waals surface area contributed by atoms with E-state index in [0.29, 0.717) is 24.8 Å². The standard InChI is InChI=1S/C15H15F2N3O2S.CO2/c1-10-9-23-14(18-10)20-7-6-19(15(20)21)8-11-2-4-12(5-3-11)22-13(16)17;2-1-3/h2-5,9,13H,6-8H2,1H3;. The first kappa shape index (κ1) is 19.5. The summed E-state index contributed by atoms with van der Waals surface area (Å²) in [5, 5.41) is 2.61. The third kappa shape index (κ3) is 5.08. The molecule has 0 N–H and O–H groups in total. The van der Waals surface area contributed by atoms with Crippen molar-refractivity contribution in [1.29, 1.82) is 0 Å². The van der Waals surface area contributed by atoms with Crippen molar-refractivity contribution in [3.8, 4) is 5.75 Å². The first-order valence-electron chi connectivity index (χ1n) is 7.46. The molecule has 0 unspecified atom stereocenters. The Kier molecular flexibility index (Phi) is 6.76. The summed E-state index contributed by atoms with van der Waals surface area (Å²) in [5.74, 6) is 0.108. The van der Waals surface area contributed by atoms with Gasteiger partial charge < -0.3 is 9.64 Å². The number of benzene rings is 1. The van der Waals surface area contributed by atoms with Gasteiger partial charge in [-0.1, -0.05) is 12.1 Å². The second kappa shape index (κ2) is 9.02. The number of urea groups is 1. The third-order valence-corrected chi connectivity index (χ3v) is 4.44. The number of aryl methyl sites for hydroxylation is 1. The van der Waals surface area contributed by atoms with Gasteiger partial charge in [-0.3, -0.25) is 4.90 Å². The molecule has 2 amide bonds. The molecule has 0 atom stereocenters. The average Bonchev–Trinajstić information content (AvgIpc) is 3.16. The zero-order valence-electron chi connectivity index (χ0n) is 13.7. The summed E-state index contributed by atoms with van der Waals surface area (Å²) in [6.45, 7) is 0.678. The minimum atomic E-state index is -2.84. The number of amides is 2. The number of anilines is 1. The summed E-state index contributed by atoms with van der Waals surface area (Å²) in [6, 6.07) is 6.23. The molecule has 2 aromatic rings. The Labute approximate surface area is 151 Å². The van der Waals surface area contributed by atoms with Crippen LogP contribution in [0.4, 0.5) is 18.7 Å². The molecule has 138 valence electrons. The van der Waals surface area contributed by atoms with Gasteiger partial charge in [-0.2, -0.15) is 18.4 Å². The topological polar surface area (TPSA) is 79.8 Å². The summed E-state index contributed by atoms with van der Waals surface area (Å²) in [6.07, 6.45) is 0.250. The van der Waals surface area contributed by atoms with Crippen LogP contribution in [0.3, 0.4) is 0 Å². The molecular formula is C16H15F2N3O4S. The maximum absolute atomic E-state index is 12.4. The number of ether oxygens (including phenoxy) is 1. The SMILES string of the molecule is Cc1csc(N2CCN(Cc3ccc(OC(F)F)cc3)C2=O)n1.O=C=O. The highest BCUT2D eigenvalue weighted by atomic mass is 32.1. The van der Waals surface area contributed by atoms with Crippen LogP contribution in [0.15, 0.2) is 29.6 Å². The third-order valence-electron chi connectivity index (χ3n) is 3.45. The van der Waals surface area contributed by atoms with E-state index >= 15 is 0 Å². The highest BCUT2D eigenvalue weighted by Gasteiger charge is 2.31. The van der Waals surface area contributed by atoms with Gasteiger partial charge >= 0.3 is 18.8 Å². The fourth-order valence-electron chi connectivity index (χ4n) is 2.37. The molecule has 1 saturated heterocycles. The summed E-state index contributed by atoms with van der Waals surface area (Å²) in [5.41, 5.74) is 1.75. The summed E-state index contributed by atoms with van der Waals surface area (Å²) >= 11 is 1.45. The molecule has 2 heterocycles. The molecule has 1 fully saturated rings. The van der Waals surface area contributed by atoms with E-state index in [1.54, 1.807) is 21.9 Å². The molecule has 0 spiro atoms. The summed E-state index contributed by atoms with van der Waals surface area (Å²) < 4.78 is 28.5. The second-order valence-electron chi connectivity index (χ2n) is 5.23. The largest absolute Gasteiger partial charge is 0.435 e. The Morgan fingerprint density at radius 1 is 1.27 bits per heavy atom. The number of carbonyl (C=O) groups is 1. The summed E-state index contributed by atoms with van der Waals surface area (Å²) in [4.78, 5) is 36.4. The van der Waals surface area contributed by atoms with E-state index in [4.69, 9.17) is 9.59 Å². The number of alkyl halides is 2. The zero-order chi connectivity index (χ0) is 19.1. The van der Waals surface area contributed by atoms with E-state index in [-0.39, 0.29) is 17.9 Å². The Hall–Kier alpha value is -2.84. The zero-order valence-corrected chi connectivity index (χ0v) is 14.5. The van der Waals surface area contributed by atoms with Gasteiger partial charge in [-0.15, -0.1) is 11.3 Å².